The van der Waals surface area contributed by atoms with E-state index in [1.807, 2.05) is 88.6 Å². The molecule has 0 fully saturated rings. The first-order valence-electron chi connectivity index (χ1n) is 13.8. The number of hydrogen-bond acceptors (Lipinski definition) is 5. The quantitative estimate of drug-likeness (QED) is 0.299. The maximum Gasteiger partial charge on any atom is 0.271 e. The number of carbonyl (C=O) groups excluding carboxylic acids is 1. The number of aryl methyl sites for hydroxylation is 1. The summed E-state index contributed by atoms with van der Waals surface area (Å²) in [5.41, 5.74) is 3.76. The minimum Gasteiger partial charge on any atom is -0.496 e. The van der Waals surface area contributed by atoms with E-state index in [2.05, 4.69) is 16.7 Å². The smallest absolute Gasteiger partial charge is 0.271 e. The molecule has 1 aliphatic rings. The molecule has 6 rings (SSSR count). The highest BCUT2D eigenvalue weighted by atomic mass is 32.1. The normalized spacial score (nSPS) is 15.3. The second-order valence-corrected chi connectivity index (χ2v) is 11.2. The Labute approximate surface area is 241 Å². The number of allylic oxidation sites excluding steroid dienone is 1. The number of ether oxygens (including phenoxy) is 1. The number of nitrogens with zero attached hydrogens (tertiary/aromatic N) is 4. The lowest BCUT2D eigenvalue weighted by atomic mass is 9.90. The van der Waals surface area contributed by atoms with E-state index in [0.29, 0.717) is 39.4 Å². The molecule has 8 heteroatoms. The molecule has 0 radical (unpaired) electrons. The summed E-state index contributed by atoms with van der Waals surface area (Å²) in [7, 11) is 3.63. The van der Waals surface area contributed by atoms with Crippen LogP contribution in [0.4, 0.5) is 0 Å². The predicted octanol–water partition coefficient (Wildman–Crippen LogP) is 4.76. The van der Waals surface area contributed by atoms with Crippen LogP contribution in [-0.4, -0.2) is 40.1 Å². The highest BCUT2D eigenvalue weighted by Gasteiger charge is 2.36. The van der Waals surface area contributed by atoms with Gasteiger partial charge >= 0.3 is 0 Å². The van der Waals surface area contributed by atoms with Gasteiger partial charge in [-0.05, 0) is 49.8 Å². The minimum atomic E-state index is -0.699. The van der Waals surface area contributed by atoms with Crippen molar-refractivity contribution in [3.8, 4) is 5.75 Å². The van der Waals surface area contributed by atoms with Crippen molar-refractivity contribution in [2.24, 2.45) is 12.0 Å². The van der Waals surface area contributed by atoms with Crippen molar-refractivity contribution < 1.29 is 9.53 Å². The Morgan fingerprint density at radius 2 is 1.76 bits per heavy atom. The van der Waals surface area contributed by atoms with Gasteiger partial charge in [-0.15, -0.1) is 0 Å². The van der Waals surface area contributed by atoms with Gasteiger partial charge in [-0.2, -0.15) is 0 Å². The molecule has 0 saturated heterocycles. The topological polar surface area (TPSA) is 68.8 Å². The monoisotopic (exact) mass is 564 g/mol. The number of likely N-dealkylation sites (N-methyl/N-ethyl adjacent to an activating group) is 1. The van der Waals surface area contributed by atoms with E-state index in [0.717, 1.165) is 32.8 Å². The fourth-order valence-electron chi connectivity index (χ4n) is 5.91. The first-order chi connectivity index (χ1) is 19.9. The van der Waals surface area contributed by atoms with Crippen molar-refractivity contribution in [1.82, 2.24) is 14.0 Å². The van der Waals surface area contributed by atoms with Gasteiger partial charge in [0.25, 0.3) is 11.5 Å². The summed E-state index contributed by atoms with van der Waals surface area (Å²) < 4.78 is 10.2. The van der Waals surface area contributed by atoms with E-state index in [-0.39, 0.29) is 11.5 Å². The van der Waals surface area contributed by atoms with Gasteiger partial charge < -0.3 is 14.2 Å². The summed E-state index contributed by atoms with van der Waals surface area (Å²) in [6.07, 6.45) is 3.98. The van der Waals surface area contributed by atoms with E-state index < -0.39 is 6.04 Å². The molecule has 0 N–H and O–H groups in total. The fourth-order valence-corrected chi connectivity index (χ4v) is 6.95. The third-order valence-electron chi connectivity index (χ3n) is 7.94. The van der Waals surface area contributed by atoms with Crippen LogP contribution in [-0.2, 0) is 11.8 Å². The average molecular weight is 565 g/mol. The molecule has 0 bridgehead atoms. The molecule has 1 aliphatic heterocycles. The Balaban J connectivity index is 1.68. The van der Waals surface area contributed by atoms with E-state index in [9.17, 15) is 9.59 Å². The van der Waals surface area contributed by atoms with E-state index in [1.54, 1.807) is 16.6 Å². The van der Waals surface area contributed by atoms with Crippen LogP contribution in [0.25, 0.3) is 27.8 Å². The molecule has 3 aromatic carbocycles. The summed E-state index contributed by atoms with van der Waals surface area (Å²) >= 11 is 1.35. The molecule has 1 amide bonds. The molecule has 208 valence electrons. The van der Waals surface area contributed by atoms with E-state index in [4.69, 9.17) is 9.73 Å². The van der Waals surface area contributed by atoms with E-state index in [1.165, 1.54) is 11.3 Å². The zero-order valence-corrected chi connectivity index (χ0v) is 24.7. The molecule has 0 spiro atoms. The van der Waals surface area contributed by atoms with Gasteiger partial charge in [0, 0.05) is 48.4 Å². The van der Waals surface area contributed by atoms with E-state index >= 15 is 0 Å². The van der Waals surface area contributed by atoms with Crippen LogP contribution in [0.15, 0.2) is 87.9 Å². The van der Waals surface area contributed by atoms with Crippen LogP contribution in [0, 0.1) is 0 Å². The third-order valence-corrected chi connectivity index (χ3v) is 8.92. The van der Waals surface area contributed by atoms with Gasteiger partial charge in [0.1, 0.15) is 11.8 Å². The molecule has 3 heterocycles. The van der Waals surface area contributed by atoms with Gasteiger partial charge in [-0.1, -0.05) is 59.9 Å². The highest BCUT2D eigenvalue weighted by Crippen LogP contribution is 2.40. The van der Waals surface area contributed by atoms with Gasteiger partial charge in [0.05, 0.1) is 22.9 Å². The van der Waals surface area contributed by atoms with Crippen LogP contribution in [0.3, 0.4) is 0 Å². The fraction of sp³-hybridized carbons (Fsp3) is 0.242. The molecule has 1 atom stereocenters. The van der Waals surface area contributed by atoms with Crippen molar-refractivity contribution in [2.75, 3.05) is 20.2 Å². The molecular weight excluding hydrogens is 532 g/mol. The van der Waals surface area contributed by atoms with Crippen molar-refractivity contribution in [3.05, 3.63) is 109 Å². The Morgan fingerprint density at radius 3 is 2.49 bits per heavy atom. The van der Waals surface area contributed by atoms with Crippen molar-refractivity contribution >= 4 is 45.0 Å². The Kier molecular flexibility index (Phi) is 6.87. The minimum absolute atomic E-state index is 0.125. The molecule has 0 saturated carbocycles. The molecular formula is C33H32N4O3S. The summed E-state index contributed by atoms with van der Waals surface area (Å²) in [5.74, 6) is 0.497. The lowest BCUT2D eigenvalue weighted by Gasteiger charge is -2.30. The summed E-state index contributed by atoms with van der Waals surface area (Å²) in [6.45, 7) is 6.89. The number of benzene rings is 3. The van der Waals surface area contributed by atoms with Gasteiger partial charge in [-0.25, -0.2) is 4.99 Å². The number of amides is 1. The predicted molar refractivity (Wildman–Crippen MR) is 165 cm³/mol. The van der Waals surface area contributed by atoms with Crippen LogP contribution < -0.4 is 19.6 Å². The second kappa shape index (κ2) is 10.5. The first-order valence-corrected chi connectivity index (χ1v) is 14.6. The van der Waals surface area contributed by atoms with Gasteiger partial charge in [-0.3, -0.25) is 14.2 Å². The van der Waals surface area contributed by atoms with Crippen LogP contribution >= 0.6 is 11.3 Å². The Bertz CT molecular complexity index is 2040. The zero-order chi connectivity index (χ0) is 28.8. The molecule has 7 nitrogen and oxygen atoms in total. The zero-order valence-electron chi connectivity index (χ0n) is 23.8. The lowest BCUT2D eigenvalue weighted by molar-refractivity contribution is -0.127. The molecule has 0 unspecified atom stereocenters. The average Bonchev–Trinajstić information content (AvgIpc) is 3.47. The molecule has 5 aromatic rings. The molecule has 2 aromatic heterocycles. The number of methoxy groups -OCH3 is 1. The second-order valence-electron chi connectivity index (χ2n) is 10.2. The number of thiazole rings is 1. The van der Waals surface area contributed by atoms with Crippen LogP contribution in [0.2, 0.25) is 0 Å². The summed E-state index contributed by atoms with van der Waals surface area (Å²) in [4.78, 5) is 35.7. The number of carbonyl (C=O) groups is 1. The number of para-hydroxylation sites is 1. The van der Waals surface area contributed by atoms with Gasteiger partial charge in [0.2, 0.25) is 0 Å². The SMILES string of the molecule is CCN(CC)C(=O)C1=C(C)N=c2s/c(=C/c3cn(C)c4ccccc34)c(=O)n2[C@H]1c1c(OC)ccc2ccccc12. The lowest BCUT2D eigenvalue weighted by Crippen LogP contribution is -2.43. The highest BCUT2D eigenvalue weighted by molar-refractivity contribution is 7.07. The van der Waals surface area contributed by atoms with Crippen LogP contribution in [0.5, 0.6) is 5.75 Å². The van der Waals surface area contributed by atoms with Crippen LogP contribution in [0.1, 0.15) is 37.9 Å². The number of fused-ring (bicyclic) bond motifs is 3. The van der Waals surface area contributed by atoms with Crippen molar-refractivity contribution in [2.45, 2.75) is 26.8 Å². The third kappa shape index (κ3) is 4.30. The maximum absolute atomic E-state index is 14.4. The largest absolute Gasteiger partial charge is 0.496 e. The maximum atomic E-state index is 14.4. The standard InChI is InChI=1S/C33H32N4O3S/c1-6-36(7-2)32(39)28-20(3)34-33-37(30(28)29-24-14-9-8-12-21(24)16-17-26(29)40-5)31(38)27(41-33)18-22-19-35(4)25-15-11-10-13-23(22)25/h8-19,30H,6-7H2,1-5H3/b27-18+/t30-/m1/s1. The first kappa shape index (κ1) is 26.8. The van der Waals surface area contributed by atoms with Crippen molar-refractivity contribution in [1.29, 1.82) is 0 Å². The molecule has 0 aliphatic carbocycles. The van der Waals surface area contributed by atoms with Gasteiger partial charge in [0.15, 0.2) is 4.80 Å². The Morgan fingerprint density at radius 1 is 1.05 bits per heavy atom. The number of aromatic nitrogens is 2. The number of hydrogen-bond donors (Lipinski definition) is 0. The molecule has 41 heavy (non-hydrogen) atoms. The van der Waals surface area contributed by atoms with Crippen molar-refractivity contribution in [3.63, 3.8) is 0 Å². The number of rotatable bonds is 6. The summed E-state index contributed by atoms with van der Waals surface area (Å²) in [5, 5.41) is 3.01. The Hall–Kier alpha value is -4.43. The summed E-state index contributed by atoms with van der Waals surface area (Å²) in [6, 6.07) is 19.4.